The lowest BCUT2D eigenvalue weighted by Gasteiger charge is -2.25. The van der Waals surface area contributed by atoms with Crippen LogP contribution in [0.5, 0.6) is 5.75 Å². The van der Waals surface area contributed by atoms with E-state index in [1.54, 1.807) is 24.3 Å². The Morgan fingerprint density at radius 3 is 2.33 bits per heavy atom. The van der Waals surface area contributed by atoms with E-state index in [1.807, 2.05) is 6.92 Å². The zero-order valence-electron chi connectivity index (χ0n) is 18.9. The summed E-state index contributed by atoms with van der Waals surface area (Å²) in [6.07, 6.45) is -4.83. The van der Waals surface area contributed by atoms with Gasteiger partial charge in [0.1, 0.15) is 18.9 Å². The second-order valence-corrected chi connectivity index (χ2v) is 10.3. The highest BCUT2D eigenvalue weighted by molar-refractivity contribution is 7.92. The number of anilines is 1. The summed E-state index contributed by atoms with van der Waals surface area (Å²) in [6, 6.07) is 14.8. The van der Waals surface area contributed by atoms with Crippen molar-refractivity contribution in [3.8, 4) is 5.75 Å². The predicted octanol–water partition coefficient (Wildman–Crippen LogP) is 5.71. The van der Waals surface area contributed by atoms with Crippen LogP contribution in [0.4, 0.5) is 18.9 Å². The fourth-order valence-electron chi connectivity index (χ4n) is 3.13. The van der Waals surface area contributed by atoms with Gasteiger partial charge >= 0.3 is 6.18 Å². The molecule has 192 valence electrons. The van der Waals surface area contributed by atoms with Gasteiger partial charge in [0.05, 0.1) is 27.7 Å². The highest BCUT2D eigenvalue weighted by Gasteiger charge is 2.35. The SMILES string of the molecule is Cc1ccc(OCCNC(=O)CN(c2ccc(Cl)c(C(F)(F)F)c2)S(=O)(=O)c2ccccc2)cc1Cl. The van der Waals surface area contributed by atoms with Crippen molar-refractivity contribution in [3.05, 3.63) is 87.9 Å². The van der Waals surface area contributed by atoms with Gasteiger partial charge < -0.3 is 10.1 Å². The minimum Gasteiger partial charge on any atom is -0.492 e. The number of benzene rings is 3. The van der Waals surface area contributed by atoms with Gasteiger partial charge in [-0.2, -0.15) is 13.2 Å². The lowest BCUT2D eigenvalue weighted by Crippen LogP contribution is -2.42. The van der Waals surface area contributed by atoms with Crippen LogP contribution in [-0.4, -0.2) is 34.0 Å². The van der Waals surface area contributed by atoms with E-state index in [-0.39, 0.29) is 23.7 Å². The number of ether oxygens (including phenoxy) is 1. The van der Waals surface area contributed by atoms with Crippen LogP contribution in [0.25, 0.3) is 0 Å². The van der Waals surface area contributed by atoms with Crippen LogP contribution in [-0.2, 0) is 21.0 Å². The first-order valence-electron chi connectivity index (χ1n) is 10.5. The number of nitrogens with zero attached hydrogens (tertiary/aromatic N) is 1. The summed E-state index contributed by atoms with van der Waals surface area (Å²) in [5.41, 5.74) is -0.718. The van der Waals surface area contributed by atoms with Gasteiger partial charge in [-0.25, -0.2) is 8.42 Å². The average molecular weight is 561 g/mol. The largest absolute Gasteiger partial charge is 0.492 e. The second-order valence-electron chi connectivity index (χ2n) is 7.60. The number of hydrogen-bond acceptors (Lipinski definition) is 4. The maximum absolute atomic E-state index is 13.4. The van der Waals surface area contributed by atoms with Crippen molar-refractivity contribution < 1.29 is 31.1 Å². The Morgan fingerprint density at radius 2 is 1.69 bits per heavy atom. The third-order valence-corrected chi connectivity index (χ3v) is 7.52. The number of sulfonamides is 1. The Bertz CT molecular complexity index is 1340. The lowest BCUT2D eigenvalue weighted by atomic mass is 10.2. The van der Waals surface area contributed by atoms with Gasteiger partial charge in [0.25, 0.3) is 10.0 Å². The minimum atomic E-state index is -4.83. The maximum Gasteiger partial charge on any atom is 0.417 e. The summed E-state index contributed by atoms with van der Waals surface area (Å²) in [7, 11) is -4.39. The van der Waals surface area contributed by atoms with Crippen LogP contribution < -0.4 is 14.4 Å². The highest BCUT2D eigenvalue weighted by atomic mass is 35.5. The molecule has 0 atom stereocenters. The van der Waals surface area contributed by atoms with Crippen molar-refractivity contribution >= 4 is 44.8 Å². The Kier molecular flexibility index (Phi) is 8.76. The molecule has 0 saturated heterocycles. The summed E-state index contributed by atoms with van der Waals surface area (Å²) >= 11 is 11.7. The molecule has 1 amide bonds. The van der Waals surface area contributed by atoms with Crippen LogP contribution in [0.2, 0.25) is 10.0 Å². The van der Waals surface area contributed by atoms with E-state index in [2.05, 4.69) is 5.32 Å². The Balaban J connectivity index is 1.79. The molecule has 0 aliphatic heterocycles. The van der Waals surface area contributed by atoms with E-state index in [0.29, 0.717) is 21.1 Å². The molecular weight excluding hydrogens is 540 g/mol. The maximum atomic E-state index is 13.4. The average Bonchev–Trinajstić information content (AvgIpc) is 2.82. The third-order valence-electron chi connectivity index (χ3n) is 5.00. The lowest BCUT2D eigenvalue weighted by molar-refractivity contribution is -0.137. The van der Waals surface area contributed by atoms with Gasteiger partial charge in [0.2, 0.25) is 5.91 Å². The first kappa shape index (κ1) is 27.6. The van der Waals surface area contributed by atoms with Crippen LogP contribution in [0.15, 0.2) is 71.6 Å². The topological polar surface area (TPSA) is 75.7 Å². The first-order chi connectivity index (χ1) is 16.9. The molecule has 0 aliphatic carbocycles. The number of aryl methyl sites for hydroxylation is 1. The number of nitrogens with one attached hydrogen (secondary N) is 1. The molecule has 0 spiro atoms. The van der Waals surface area contributed by atoms with E-state index in [1.165, 1.54) is 24.3 Å². The minimum absolute atomic E-state index is 0.0119. The smallest absolute Gasteiger partial charge is 0.417 e. The van der Waals surface area contributed by atoms with E-state index in [4.69, 9.17) is 27.9 Å². The van der Waals surface area contributed by atoms with Crippen molar-refractivity contribution in [2.24, 2.45) is 0 Å². The highest BCUT2D eigenvalue weighted by Crippen LogP contribution is 2.38. The molecule has 12 heteroatoms. The molecule has 36 heavy (non-hydrogen) atoms. The van der Waals surface area contributed by atoms with Gasteiger partial charge in [-0.15, -0.1) is 0 Å². The molecule has 0 unspecified atom stereocenters. The summed E-state index contributed by atoms with van der Waals surface area (Å²) in [5, 5.41) is 2.42. The summed E-state index contributed by atoms with van der Waals surface area (Å²) in [4.78, 5) is 12.4. The fourth-order valence-corrected chi connectivity index (χ4v) is 4.96. The Hall–Kier alpha value is -2.95. The zero-order valence-corrected chi connectivity index (χ0v) is 21.2. The molecule has 0 aromatic heterocycles. The van der Waals surface area contributed by atoms with Gasteiger partial charge in [-0.1, -0.05) is 47.5 Å². The standard InChI is InChI=1S/C24H21Cl2F3N2O4S/c1-16-7-9-18(14-22(16)26)35-12-11-30-23(32)15-31(36(33,34)19-5-3-2-4-6-19)17-8-10-21(25)20(13-17)24(27,28)29/h2-10,13-14H,11-12,15H2,1H3,(H,30,32). The van der Waals surface area contributed by atoms with Crippen molar-refractivity contribution in [2.75, 3.05) is 24.0 Å². The molecule has 3 rings (SSSR count). The van der Waals surface area contributed by atoms with Crippen LogP contribution in [0.3, 0.4) is 0 Å². The Labute approximate surface area is 216 Å². The van der Waals surface area contributed by atoms with E-state index in [9.17, 15) is 26.4 Å². The van der Waals surface area contributed by atoms with E-state index >= 15 is 0 Å². The van der Waals surface area contributed by atoms with E-state index < -0.39 is 39.2 Å². The number of hydrogen-bond donors (Lipinski definition) is 1. The molecule has 0 heterocycles. The molecule has 6 nitrogen and oxygen atoms in total. The molecule has 0 saturated carbocycles. The van der Waals surface area contributed by atoms with Crippen molar-refractivity contribution in [1.82, 2.24) is 5.32 Å². The quantitative estimate of drug-likeness (QED) is 0.340. The number of rotatable bonds is 9. The number of carbonyl (C=O) groups excluding carboxylic acids is 1. The monoisotopic (exact) mass is 560 g/mol. The van der Waals surface area contributed by atoms with Crippen molar-refractivity contribution in [2.45, 2.75) is 18.0 Å². The van der Waals surface area contributed by atoms with Crippen LogP contribution >= 0.6 is 23.2 Å². The van der Waals surface area contributed by atoms with Gasteiger partial charge in [-0.3, -0.25) is 9.10 Å². The van der Waals surface area contributed by atoms with Gasteiger partial charge in [0.15, 0.2) is 0 Å². The zero-order chi connectivity index (χ0) is 26.5. The summed E-state index contributed by atoms with van der Waals surface area (Å²) in [6.45, 7) is 1.13. The predicted molar refractivity (Wildman–Crippen MR) is 132 cm³/mol. The molecule has 0 fully saturated rings. The number of carbonyl (C=O) groups is 1. The molecule has 3 aromatic carbocycles. The van der Waals surface area contributed by atoms with Crippen molar-refractivity contribution in [3.63, 3.8) is 0 Å². The van der Waals surface area contributed by atoms with Crippen LogP contribution in [0.1, 0.15) is 11.1 Å². The molecule has 1 N–H and O–H groups in total. The van der Waals surface area contributed by atoms with E-state index in [0.717, 1.165) is 17.7 Å². The third kappa shape index (κ3) is 6.83. The molecule has 3 aromatic rings. The fraction of sp³-hybridized carbons (Fsp3) is 0.208. The van der Waals surface area contributed by atoms with Crippen molar-refractivity contribution in [1.29, 1.82) is 0 Å². The number of alkyl halides is 3. The summed E-state index contributed by atoms with van der Waals surface area (Å²) in [5.74, 6) is -0.266. The molecule has 0 bridgehead atoms. The second kappa shape index (κ2) is 11.4. The van der Waals surface area contributed by atoms with Gasteiger partial charge in [0, 0.05) is 5.02 Å². The summed E-state index contributed by atoms with van der Waals surface area (Å²) < 4.78 is 72.9. The Morgan fingerprint density at radius 1 is 1.00 bits per heavy atom. The number of halogens is 5. The number of amides is 1. The normalized spacial score (nSPS) is 11.7. The first-order valence-corrected chi connectivity index (χ1v) is 12.7. The molecular formula is C24H21Cl2F3N2O4S. The molecule has 0 radical (unpaired) electrons. The van der Waals surface area contributed by atoms with Gasteiger partial charge in [-0.05, 0) is 55.0 Å². The molecule has 0 aliphatic rings. The van der Waals surface area contributed by atoms with Crippen LogP contribution in [0, 0.1) is 6.92 Å².